The monoisotopic (exact) mass is 300 g/mol. The van der Waals surface area contributed by atoms with E-state index >= 15 is 0 Å². The Morgan fingerprint density at radius 2 is 1.90 bits per heavy atom. The molecule has 0 amide bonds. The third-order valence-electron chi connectivity index (χ3n) is 3.62. The Balaban J connectivity index is 3.27. The lowest BCUT2D eigenvalue weighted by Crippen LogP contribution is -2.27. The summed E-state index contributed by atoms with van der Waals surface area (Å²) in [5, 5.41) is 0. The molecule has 0 N–H and O–H groups in total. The van der Waals surface area contributed by atoms with Crippen LogP contribution in [0.5, 0.6) is 0 Å². The fourth-order valence-corrected chi connectivity index (χ4v) is 3.87. The molecule has 2 heteroatoms. The molecule has 1 atom stereocenters. The maximum atomic E-state index is 4.28. The van der Waals surface area contributed by atoms with Gasteiger partial charge in [-0.3, -0.25) is 0 Å². The van der Waals surface area contributed by atoms with Crippen LogP contribution in [0.25, 0.3) is 0 Å². The van der Waals surface area contributed by atoms with Crippen LogP contribution in [0.1, 0.15) is 47.0 Å². The highest BCUT2D eigenvalue weighted by molar-refractivity contribution is 7.65. The summed E-state index contributed by atoms with van der Waals surface area (Å²) in [6, 6.07) is 0.402. The van der Waals surface area contributed by atoms with E-state index in [1.807, 2.05) is 12.7 Å². The molecule has 0 bridgehead atoms. The van der Waals surface area contributed by atoms with Crippen molar-refractivity contribution in [2.45, 2.75) is 53.0 Å². The third-order valence-corrected chi connectivity index (χ3v) is 5.09. The van der Waals surface area contributed by atoms with E-state index in [2.05, 4.69) is 62.8 Å². The first-order valence-electron chi connectivity index (χ1n) is 7.48. The standard InChI is InChI=1S/C19H27NP/c1-8-11-21(10-3)14-19-13-17(7)20(15(4)5)16(6)12-18(19)9-2/h10,14-15H,3,6-7,9,12-13H2,1-2,4-5H3/q+1. The second-order valence-corrected chi connectivity index (χ2v) is 7.17. The fraction of sp³-hybridized carbons (Fsp3) is 0.421. The SMILES string of the molecule is C=C[P+](C#CC)=CC1=C(CC)CC(=C)N(C(C)C)C(=C)C1. The Kier molecular flexibility index (Phi) is 6.73. The Morgan fingerprint density at radius 3 is 2.38 bits per heavy atom. The van der Waals surface area contributed by atoms with E-state index in [1.54, 1.807) is 0 Å². The van der Waals surface area contributed by atoms with Gasteiger partial charge < -0.3 is 4.90 Å². The number of allylic oxidation sites excluding steroid dienone is 2. The van der Waals surface area contributed by atoms with Crippen molar-refractivity contribution in [3.8, 4) is 11.6 Å². The summed E-state index contributed by atoms with van der Waals surface area (Å²) < 4.78 is 0. The van der Waals surface area contributed by atoms with Crippen LogP contribution in [0.4, 0.5) is 0 Å². The quantitative estimate of drug-likeness (QED) is 0.480. The van der Waals surface area contributed by atoms with Crippen LogP contribution in [0.3, 0.4) is 0 Å². The number of rotatable bonds is 4. The van der Waals surface area contributed by atoms with E-state index in [-0.39, 0.29) is 0 Å². The van der Waals surface area contributed by atoms with Gasteiger partial charge in [0, 0.05) is 42.8 Å². The van der Waals surface area contributed by atoms with Crippen molar-refractivity contribution in [2.75, 3.05) is 0 Å². The van der Waals surface area contributed by atoms with Crippen molar-refractivity contribution in [1.29, 1.82) is 0 Å². The van der Waals surface area contributed by atoms with Crippen LogP contribution < -0.4 is 0 Å². The molecule has 1 aliphatic rings. The van der Waals surface area contributed by atoms with E-state index < -0.39 is 7.55 Å². The Labute approximate surface area is 131 Å². The van der Waals surface area contributed by atoms with Crippen LogP contribution >= 0.6 is 7.55 Å². The average molecular weight is 300 g/mol. The molecule has 0 aliphatic carbocycles. The smallest absolute Gasteiger partial charge is 0.213 e. The van der Waals surface area contributed by atoms with Crippen LogP contribution in [0.15, 0.2) is 48.1 Å². The van der Waals surface area contributed by atoms with Gasteiger partial charge in [0.15, 0.2) is 0 Å². The second kappa shape index (κ2) is 8.06. The van der Waals surface area contributed by atoms with Gasteiger partial charge in [0.2, 0.25) is 7.55 Å². The molecule has 0 saturated heterocycles. The van der Waals surface area contributed by atoms with Crippen molar-refractivity contribution in [1.82, 2.24) is 4.90 Å². The van der Waals surface area contributed by atoms with Crippen molar-refractivity contribution < 1.29 is 0 Å². The summed E-state index contributed by atoms with van der Waals surface area (Å²) >= 11 is 0. The highest BCUT2D eigenvalue weighted by Gasteiger charge is 2.23. The lowest BCUT2D eigenvalue weighted by Gasteiger charge is -2.31. The molecular weight excluding hydrogens is 273 g/mol. The van der Waals surface area contributed by atoms with Gasteiger partial charge in [0.25, 0.3) is 0 Å². The molecule has 0 aromatic heterocycles. The minimum absolute atomic E-state index is 0.402. The lowest BCUT2D eigenvalue weighted by atomic mass is 10.0. The van der Waals surface area contributed by atoms with Crippen LogP contribution in [0, 0.1) is 11.6 Å². The van der Waals surface area contributed by atoms with Crippen LogP contribution in [-0.4, -0.2) is 16.7 Å². The molecule has 1 heterocycles. The zero-order chi connectivity index (χ0) is 16.0. The first-order valence-corrected chi connectivity index (χ1v) is 8.96. The number of nitrogens with zero attached hydrogens (tertiary/aromatic N) is 1. The molecule has 0 spiro atoms. The lowest BCUT2D eigenvalue weighted by molar-refractivity contribution is 0.347. The molecular formula is C19H27NP+. The first kappa shape index (κ1) is 17.5. The van der Waals surface area contributed by atoms with Gasteiger partial charge in [-0.05, 0) is 20.3 Å². The first-order chi connectivity index (χ1) is 9.94. The number of hydrogen-bond acceptors (Lipinski definition) is 1. The zero-order valence-corrected chi connectivity index (χ0v) is 14.8. The largest absolute Gasteiger partial charge is 0.347 e. The topological polar surface area (TPSA) is 3.24 Å². The second-order valence-electron chi connectivity index (χ2n) is 5.51. The summed E-state index contributed by atoms with van der Waals surface area (Å²) in [7, 11) is -0.558. The van der Waals surface area contributed by atoms with E-state index in [0.29, 0.717) is 6.04 Å². The van der Waals surface area contributed by atoms with Crippen LogP contribution in [-0.2, 0) is 0 Å². The predicted molar refractivity (Wildman–Crippen MR) is 98.4 cm³/mol. The van der Waals surface area contributed by atoms with Gasteiger partial charge in [0.05, 0.1) is 0 Å². The highest BCUT2D eigenvalue weighted by atomic mass is 31.1. The van der Waals surface area contributed by atoms with Crippen molar-refractivity contribution in [3.05, 3.63) is 48.1 Å². The van der Waals surface area contributed by atoms with Crippen molar-refractivity contribution in [2.24, 2.45) is 0 Å². The highest BCUT2D eigenvalue weighted by Crippen LogP contribution is 2.35. The molecule has 0 aromatic carbocycles. The van der Waals surface area contributed by atoms with Crippen LogP contribution in [0.2, 0.25) is 0 Å². The van der Waals surface area contributed by atoms with Gasteiger partial charge in [-0.1, -0.05) is 38.2 Å². The molecule has 1 aliphatic heterocycles. The molecule has 0 radical (unpaired) electrons. The van der Waals surface area contributed by atoms with Gasteiger partial charge in [0.1, 0.15) is 17.3 Å². The van der Waals surface area contributed by atoms with E-state index in [4.69, 9.17) is 0 Å². The van der Waals surface area contributed by atoms with Gasteiger partial charge in [-0.25, -0.2) is 0 Å². The molecule has 112 valence electrons. The Hall–Kier alpha value is -1.51. The Morgan fingerprint density at radius 1 is 1.29 bits per heavy atom. The molecule has 0 aromatic rings. The summed E-state index contributed by atoms with van der Waals surface area (Å²) in [4.78, 5) is 2.28. The van der Waals surface area contributed by atoms with E-state index in [0.717, 1.165) is 30.7 Å². The Bertz CT molecular complexity index is 564. The van der Waals surface area contributed by atoms with Gasteiger partial charge >= 0.3 is 0 Å². The van der Waals surface area contributed by atoms with E-state index in [1.165, 1.54) is 11.1 Å². The molecule has 1 unspecified atom stereocenters. The minimum atomic E-state index is -0.558. The zero-order valence-electron chi connectivity index (χ0n) is 13.9. The third kappa shape index (κ3) is 4.48. The minimum Gasteiger partial charge on any atom is -0.347 e. The van der Waals surface area contributed by atoms with Crippen molar-refractivity contribution >= 4 is 13.3 Å². The summed E-state index contributed by atoms with van der Waals surface area (Å²) in [5.74, 6) is 7.28. The predicted octanol–water partition coefficient (Wildman–Crippen LogP) is 5.63. The molecule has 1 rings (SSSR count). The molecule has 0 saturated carbocycles. The summed E-state index contributed by atoms with van der Waals surface area (Å²) in [5.41, 5.74) is 8.36. The molecule has 0 fully saturated rings. The molecule has 1 nitrogen and oxygen atoms in total. The average Bonchev–Trinajstić information content (AvgIpc) is 2.54. The normalized spacial score (nSPS) is 16.8. The van der Waals surface area contributed by atoms with Gasteiger partial charge in [-0.2, -0.15) is 0 Å². The number of hydrogen-bond donors (Lipinski definition) is 0. The fourth-order valence-electron chi connectivity index (χ4n) is 2.75. The summed E-state index contributed by atoms with van der Waals surface area (Å²) in [6.45, 7) is 21.0. The van der Waals surface area contributed by atoms with E-state index in [9.17, 15) is 0 Å². The van der Waals surface area contributed by atoms with Crippen molar-refractivity contribution in [3.63, 3.8) is 0 Å². The maximum absolute atomic E-state index is 4.28. The maximum Gasteiger partial charge on any atom is 0.213 e. The summed E-state index contributed by atoms with van der Waals surface area (Å²) in [6.07, 6.45) is 2.86. The molecule has 21 heavy (non-hydrogen) atoms. The van der Waals surface area contributed by atoms with Gasteiger partial charge in [-0.15, -0.1) is 0 Å².